The Bertz CT molecular complexity index is 586. The molecule has 108 valence electrons. The molecule has 1 aromatic carbocycles. The number of hydrogen-bond donors (Lipinski definition) is 0. The summed E-state index contributed by atoms with van der Waals surface area (Å²) < 4.78 is 18.3. The Hall–Kier alpha value is -1.64. The molecule has 0 bridgehead atoms. The van der Waals surface area contributed by atoms with Gasteiger partial charge in [0.25, 0.3) is 0 Å². The van der Waals surface area contributed by atoms with Crippen LogP contribution in [0.4, 0.5) is 4.39 Å². The van der Waals surface area contributed by atoms with Crippen molar-refractivity contribution in [1.29, 1.82) is 0 Å². The normalized spacial score (nSPS) is 12.2. The van der Waals surface area contributed by atoms with Crippen LogP contribution in [-0.4, -0.2) is 4.98 Å². The molecule has 0 saturated heterocycles. The van der Waals surface area contributed by atoms with E-state index in [4.69, 9.17) is 4.42 Å². The highest BCUT2D eigenvalue weighted by Gasteiger charge is 2.06. The average Bonchev–Trinajstić information content (AvgIpc) is 2.88. The molecule has 1 heterocycles. The van der Waals surface area contributed by atoms with Crippen molar-refractivity contribution >= 4 is 11.1 Å². The molecule has 0 fully saturated rings. The molecule has 0 spiro atoms. The molecule has 0 N–H and O–H groups in total. The molecule has 20 heavy (non-hydrogen) atoms. The van der Waals surface area contributed by atoms with Gasteiger partial charge in [-0.3, -0.25) is 0 Å². The maximum Gasteiger partial charge on any atom is 0.195 e. The van der Waals surface area contributed by atoms with Crippen LogP contribution in [-0.2, 0) is 12.8 Å². The molecule has 0 radical (unpaired) electrons. The Morgan fingerprint density at radius 3 is 2.85 bits per heavy atom. The maximum atomic E-state index is 12.5. The summed E-state index contributed by atoms with van der Waals surface area (Å²) in [4.78, 5) is 4.48. The zero-order valence-corrected chi connectivity index (χ0v) is 12.3. The summed E-state index contributed by atoms with van der Waals surface area (Å²) in [6.45, 7) is 4.13. The molecule has 2 nitrogen and oxygen atoms in total. The van der Waals surface area contributed by atoms with E-state index in [1.165, 1.54) is 5.56 Å². The van der Waals surface area contributed by atoms with Gasteiger partial charge >= 0.3 is 0 Å². The van der Waals surface area contributed by atoms with Crippen LogP contribution in [0.3, 0.4) is 0 Å². The summed E-state index contributed by atoms with van der Waals surface area (Å²) in [5.41, 5.74) is 3.78. The highest BCUT2D eigenvalue weighted by molar-refractivity contribution is 5.73. The average molecular weight is 275 g/mol. The third-order valence-corrected chi connectivity index (χ3v) is 3.58. The van der Waals surface area contributed by atoms with E-state index in [1.54, 1.807) is 0 Å². The lowest BCUT2D eigenvalue weighted by Crippen LogP contribution is -1.88. The predicted octanol–water partition coefficient (Wildman–Crippen LogP) is 5.37. The fourth-order valence-corrected chi connectivity index (χ4v) is 2.22. The van der Waals surface area contributed by atoms with Crippen LogP contribution >= 0.6 is 0 Å². The van der Waals surface area contributed by atoms with Gasteiger partial charge in [-0.15, -0.1) is 0 Å². The van der Waals surface area contributed by atoms with Gasteiger partial charge in [0, 0.05) is 6.42 Å². The Kier molecular flexibility index (Phi) is 5.33. The van der Waals surface area contributed by atoms with Crippen LogP contribution in [0.2, 0.25) is 0 Å². The van der Waals surface area contributed by atoms with Crippen molar-refractivity contribution in [3.8, 4) is 0 Å². The largest absolute Gasteiger partial charge is 0.441 e. The van der Waals surface area contributed by atoms with E-state index in [2.05, 4.69) is 18.0 Å². The molecule has 0 unspecified atom stereocenters. The second-order valence-corrected chi connectivity index (χ2v) is 5.13. The van der Waals surface area contributed by atoms with Crippen molar-refractivity contribution in [2.24, 2.45) is 0 Å². The SMILES string of the molecule is CCCCc1nc2ccc(CCC(=CF)CC)cc2o1. The number of fused-ring (bicyclic) bond motifs is 1. The van der Waals surface area contributed by atoms with Gasteiger partial charge in [0.05, 0.1) is 6.33 Å². The summed E-state index contributed by atoms with van der Waals surface area (Å²) >= 11 is 0. The Morgan fingerprint density at radius 1 is 1.30 bits per heavy atom. The van der Waals surface area contributed by atoms with Gasteiger partial charge in [0.2, 0.25) is 0 Å². The van der Waals surface area contributed by atoms with Crippen LogP contribution in [0.25, 0.3) is 11.1 Å². The van der Waals surface area contributed by atoms with Crippen molar-refractivity contribution in [1.82, 2.24) is 4.98 Å². The number of benzene rings is 1. The molecule has 3 heteroatoms. The van der Waals surface area contributed by atoms with E-state index in [9.17, 15) is 4.39 Å². The number of aromatic nitrogens is 1. The van der Waals surface area contributed by atoms with Crippen LogP contribution in [0.5, 0.6) is 0 Å². The second-order valence-electron chi connectivity index (χ2n) is 5.13. The fraction of sp³-hybridized carbons (Fsp3) is 0.471. The maximum absolute atomic E-state index is 12.5. The lowest BCUT2D eigenvalue weighted by Gasteiger charge is -2.02. The van der Waals surface area contributed by atoms with Crippen LogP contribution in [0.15, 0.2) is 34.5 Å². The van der Waals surface area contributed by atoms with Gasteiger partial charge in [0.15, 0.2) is 11.5 Å². The number of rotatable bonds is 7. The number of aryl methyl sites for hydroxylation is 2. The van der Waals surface area contributed by atoms with E-state index in [-0.39, 0.29) is 0 Å². The summed E-state index contributed by atoms with van der Waals surface area (Å²) in [5, 5.41) is 0. The molecule has 1 aromatic heterocycles. The summed E-state index contributed by atoms with van der Waals surface area (Å²) in [5.74, 6) is 0.817. The number of unbranched alkanes of at least 4 members (excludes halogenated alkanes) is 1. The van der Waals surface area contributed by atoms with Crippen molar-refractivity contribution in [3.63, 3.8) is 0 Å². The number of oxazole rings is 1. The van der Waals surface area contributed by atoms with Crippen molar-refractivity contribution in [2.45, 2.75) is 52.4 Å². The Labute approximate surface area is 119 Å². The molecule has 2 rings (SSSR count). The van der Waals surface area contributed by atoms with Gasteiger partial charge in [-0.1, -0.05) is 26.3 Å². The molecule has 0 aliphatic heterocycles. The van der Waals surface area contributed by atoms with Crippen LogP contribution < -0.4 is 0 Å². The first-order chi connectivity index (χ1) is 9.76. The lowest BCUT2D eigenvalue weighted by atomic mass is 10.0. The molecule has 0 amide bonds. The number of allylic oxidation sites excluding steroid dienone is 1. The van der Waals surface area contributed by atoms with Gasteiger partial charge in [-0.2, -0.15) is 0 Å². The highest BCUT2D eigenvalue weighted by atomic mass is 19.1. The van der Waals surface area contributed by atoms with Crippen molar-refractivity contribution in [2.75, 3.05) is 0 Å². The molecule has 0 aliphatic carbocycles. The van der Waals surface area contributed by atoms with Gasteiger partial charge < -0.3 is 4.42 Å². The standard InChI is InChI=1S/C17H22FNO/c1-3-5-6-17-19-15-10-9-14(11-16(15)20-17)8-7-13(4-2)12-18/h9-12H,3-8H2,1-2H3. The minimum absolute atomic E-state index is 0.732. The summed E-state index contributed by atoms with van der Waals surface area (Å²) in [6, 6.07) is 6.08. The van der Waals surface area contributed by atoms with Crippen molar-refractivity contribution in [3.05, 3.63) is 41.6 Å². The number of halogens is 1. The van der Waals surface area contributed by atoms with Crippen LogP contribution in [0, 0.1) is 0 Å². The molecule has 0 atom stereocenters. The van der Waals surface area contributed by atoms with E-state index in [0.29, 0.717) is 0 Å². The van der Waals surface area contributed by atoms with E-state index >= 15 is 0 Å². The first kappa shape index (κ1) is 14.8. The molecular weight excluding hydrogens is 253 g/mol. The number of nitrogens with zero attached hydrogens (tertiary/aromatic N) is 1. The third kappa shape index (κ3) is 3.69. The van der Waals surface area contributed by atoms with Gasteiger partial charge in [-0.25, -0.2) is 9.37 Å². The van der Waals surface area contributed by atoms with E-state index in [0.717, 1.165) is 67.4 Å². The minimum Gasteiger partial charge on any atom is -0.441 e. The van der Waals surface area contributed by atoms with E-state index in [1.807, 2.05) is 19.1 Å². The van der Waals surface area contributed by atoms with E-state index < -0.39 is 0 Å². The predicted molar refractivity (Wildman–Crippen MR) is 80.4 cm³/mol. The van der Waals surface area contributed by atoms with Crippen LogP contribution in [0.1, 0.15) is 51.0 Å². The second kappa shape index (κ2) is 7.22. The zero-order chi connectivity index (χ0) is 14.4. The first-order valence-electron chi connectivity index (χ1n) is 7.43. The molecule has 2 aromatic rings. The molecule has 0 saturated carbocycles. The monoisotopic (exact) mass is 275 g/mol. The smallest absolute Gasteiger partial charge is 0.195 e. The first-order valence-corrected chi connectivity index (χ1v) is 7.43. The summed E-state index contributed by atoms with van der Waals surface area (Å²) in [6.07, 6.45) is 6.23. The summed E-state index contributed by atoms with van der Waals surface area (Å²) in [7, 11) is 0. The van der Waals surface area contributed by atoms with Gasteiger partial charge in [0.1, 0.15) is 5.52 Å². The quantitative estimate of drug-likeness (QED) is 0.679. The minimum atomic E-state index is 0.732. The van der Waals surface area contributed by atoms with Crippen molar-refractivity contribution < 1.29 is 8.81 Å². The highest BCUT2D eigenvalue weighted by Crippen LogP contribution is 2.20. The fourth-order valence-electron chi connectivity index (χ4n) is 2.22. The Morgan fingerprint density at radius 2 is 2.15 bits per heavy atom. The Balaban J connectivity index is 2.08. The molecular formula is C17H22FNO. The topological polar surface area (TPSA) is 26.0 Å². The zero-order valence-electron chi connectivity index (χ0n) is 12.3. The van der Waals surface area contributed by atoms with Gasteiger partial charge in [-0.05, 0) is 49.0 Å². The third-order valence-electron chi connectivity index (χ3n) is 3.58. The number of hydrogen-bond acceptors (Lipinski definition) is 2. The lowest BCUT2D eigenvalue weighted by molar-refractivity contribution is 0.517. The molecule has 0 aliphatic rings.